The molecule has 5 heteroatoms. The van der Waals surface area contributed by atoms with Gasteiger partial charge < -0.3 is 14.6 Å². The van der Waals surface area contributed by atoms with Crippen LogP contribution >= 0.6 is 0 Å². The van der Waals surface area contributed by atoms with Crippen LogP contribution in [0.25, 0.3) is 0 Å². The molecule has 5 nitrogen and oxygen atoms in total. The highest BCUT2D eigenvalue weighted by Gasteiger charge is 2.16. The fourth-order valence-corrected chi connectivity index (χ4v) is 6.32. The molecule has 0 radical (unpaired) electrons. The van der Waals surface area contributed by atoms with Gasteiger partial charge in [0.1, 0.15) is 6.61 Å². The average Bonchev–Trinajstić information content (AvgIpc) is 3.34. The van der Waals surface area contributed by atoms with E-state index in [4.69, 9.17) is 9.47 Å². The monoisotopic (exact) mass is 931 g/mol. The first kappa shape index (κ1) is 63.0. The molecule has 0 fully saturated rings. The number of carbonyl (C=O) groups excluding carboxylic acids is 2. The topological polar surface area (TPSA) is 72.8 Å². The maximum Gasteiger partial charge on any atom is 0.306 e. The molecular weight excluding hydrogens is 837 g/mol. The average molecular weight is 931 g/mol. The zero-order valence-electron chi connectivity index (χ0n) is 42.8. The Kier molecular flexibility index (Phi) is 52.2. The molecule has 1 atom stereocenters. The lowest BCUT2D eigenvalue weighted by Gasteiger charge is -2.15. The van der Waals surface area contributed by atoms with Gasteiger partial charge in [-0.2, -0.15) is 0 Å². The number of unbranched alkanes of at least 4 members (excludes halogenated alkanes) is 7. The minimum Gasteiger partial charge on any atom is -0.462 e. The molecular formula is C63H94O5. The summed E-state index contributed by atoms with van der Waals surface area (Å²) in [5.41, 5.74) is 0. The van der Waals surface area contributed by atoms with Crippen LogP contribution in [0.4, 0.5) is 0 Å². The molecule has 0 aliphatic rings. The Morgan fingerprint density at radius 2 is 0.603 bits per heavy atom. The lowest BCUT2D eigenvalue weighted by molar-refractivity contribution is -0.161. The highest BCUT2D eigenvalue weighted by atomic mass is 16.6. The van der Waals surface area contributed by atoms with E-state index in [0.717, 1.165) is 135 Å². The Bertz CT molecular complexity index is 1620. The smallest absolute Gasteiger partial charge is 0.306 e. The largest absolute Gasteiger partial charge is 0.462 e. The molecule has 0 aliphatic heterocycles. The van der Waals surface area contributed by atoms with Crippen LogP contribution in [0.15, 0.2) is 182 Å². The van der Waals surface area contributed by atoms with Gasteiger partial charge in [0, 0.05) is 12.8 Å². The number of aliphatic hydroxyl groups is 1. The summed E-state index contributed by atoms with van der Waals surface area (Å²) in [7, 11) is 0. The standard InChI is InChI=1S/C63H94O5/c1-3-5-7-9-11-13-15-17-19-21-22-23-24-25-26-27-28-29-30-31-32-33-34-35-36-37-38-39-40-42-44-46-48-50-52-54-56-58-63(66)68-61(59-64)60-67-62(65)57-55-53-51-49-47-45-43-41-20-18-16-14-12-10-8-6-4-2/h5-8,11-14,17-20,22-23,25-26,28-29,31-32,34-35,37-38,40,42-43,45,49,51,61,64H,3-4,9-10,15-16,21,24,27,30,33,36,39,41,44,46-48,50,52-60H2,1-2H3/b7-5-,8-6-,13-11-,14-12-,19-17-,20-18-,23-22-,26-25-,29-28-,32-31-,35-34-,38-37-,42-40-,45-43-,51-49-. The van der Waals surface area contributed by atoms with Crippen molar-refractivity contribution in [3.05, 3.63) is 182 Å². The van der Waals surface area contributed by atoms with E-state index in [2.05, 4.69) is 196 Å². The van der Waals surface area contributed by atoms with Gasteiger partial charge in [-0.15, -0.1) is 0 Å². The summed E-state index contributed by atoms with van der Waals surface area (Å²) in [6, 6.07) is 0. The van der Waals surface area contributed by atoms with Crippen molar-refractivity contribution in [3.8, 4) is 0 Å². The molecule has 0 amide bonds. The molecule has 0 spiro atoms. The number of aliphatic hydroxyl groups excluding tert-OH is 1. The molecule has 0 aromatic heterocycles. The third-order valence-corrected chi connectivity index (χ3v) is 10.2. The van der Waals surface area contributed by atoms with Gasteiger partial charge >= 0.3 is 11.9 Å². The van der Waals surface area contributed by atoms with E-state index in [1.54, 1.807) is 0 Å². The highest BCUT2D eigenvalue weighted by Crippen LogP contribution is 2.11. The van der Waals surface area contributed by atoms with Crippen molar-refractivity contribution in [2.24, 2.45) is 0 Å². The fourth-order valence-electron chi connectivity index (χ4n) is 6.32. The maximum absolute atomic E-state index is 12.3. The van der Waals surface area contributed by atoms with Gasteiger partial charge in [-0.1, -0.05) is 222 Å². The molecule has 0 aliphatic carbocycles. The normalized spacial score (nSPS) is 13.8. The van der Waals surface area contributed by atoms with Gasteiger partial charge in [0.05, 0.1) is 6.61 Å². The first-order valence-corrected chi connectivity index (χ1v) is 26.3. The van der Waals surface area contributed by atoms with Gasteiger partial charge in [-0.05, 0) is 128 Å². The molecule has 0 heterocycles. The van der Waals surface area contributed by atoms with E-state index in [0.29, 0.717) is 19.3 Å². The second-order valence-corrected chi connectivity index (χ2v) is 16.5. The Labute approximate surface area is 416 Å². The van der Waals surface area contributed by atoms with Gasteiger partial charge in [0.25, 0.3) is 0 Å². The van der Waals surface area contributed by atoms with E-state index < -0.39 is 6.10 Å². The highest BCUT2D eigenvalue weighted by molar-refractivity contribution is 5.70. The minimum atomic E-state index is -0.818. The molecule has 68 heavy (non-hydrogen) atoms. The van der Waals surface area contributed by atoms with Crippen molar-refractivity contribution in [1.29, 1.82) is 0 Å². The minimum absolute atomic E-state index is 0.115. The molecule has 1 unspecified atom stereocenters. The zero-order chi connectivity index (χ0) is 49.2. The van der Waals surface area contributed by atoms with Gasteiger partial charge in [-0.3, -0.25) is 9.59 Å². The van der Waals surface area contributed by atoms with Crippen LogP contribution in [-0.2, 0) is 19.1 Å². The molecule has 1 N–H and O–H groups in total. The van der Waals surface area contributed by atoms with Crippen molar-refractivity contribution in [3.63, 3.8) is 0 Å². The van der Waals surface area contributed by atoms with E-state index in [-0.39, 0.29) is 25.2 Å². The summed E-state index contributed by atoms with van der Waals surface area (Å²) in [4.78, 5) is 24.4. The van der Waals surface area contributed by atoms with Gasteiger partial charge in [-0.25, -0.2) is 0 Å². The molecule has 0 saturated heterocycles. The number of esters is 2. The van der Waals surface area contributed by atoms with E-state index >= 15 is 0 Å². The molecule has 0 aromatic carbocycles. The predicted molar refractivity (Wildman–Crippen MR) is 296 cm³/mol. The number of hydrogen-bond acceptors (Lipinski definition) is 5. The molecule has 0 rings (SSSR count). The number of ether oxygens (including phenoxy) is 2. The fraction of sp³-hybridized carbons (Fsp3) is 0.492. The summed E-state index contributed by atoms with van der Waals surface area (Å²) < 4.78 is 10.6. The van der Waals surface area contributed by atoms with Crippen LogP contribution in [0.5, 0.6) is 0 Å². The van der Waals surface area contributed by atoms with Crippen LogP contribution in [0.2, 0.25) is 0 Å². The Morgan fingerprint density at radius 1 is 0.338 bits per heavy atom. The van der Waals surface area contributed by atoms with Gasteiger partial charge in [0.15, 0.2) is 6.10 Å². The Morgan fingerprint density at radius 3 is 0.926 bits per heavy atom. The zero-order valence-corrected chi connectivity index (χ0v) is 42.8. The third kappa shape index (κ3) is 53.6. The van der Waals surface area contributed by atoms with Crippen LogP contribution in [-0.4, -0.2) is 36.4 Å². The summed E-state index contributed by atoms with van der Waals surface area (Å²) in [6.45, 7) is 3.82. The summed E-state index contributed by atoms with van der Waals surface area (Å²) >= 11 is 0. The van der Waals surface area contributed by atoms with Crippen LogP contribution in [0, 0.1) is 0 Å². The first-order valence-electron chi connectivity index (χ1n) is 26.3. The second-order valence-electron chi connectivity index (χ2n) is 16.5. The second kappa shape index (κ2) is 56.3. The first-order chi connectivity index (χ1) is 33.6. The number of hydrogen-bond donors (Lipinski definition) is 1. The van der Waals surface area contributed by atoms with E-state index in [1.807, 2.05) is 0 Å². The number of allylic oxidation sites excluding steroid dienone is 30. The van der Waals surface area contributed by atoms with E-state index in [9.17, 15) is 14.7 Å². The van der Waals surface area contributed by atoms with Crippen molar-refractivity contribution in [2.45, 2.75) is 187 Å². The van der Waals surface area contributed by atoms with Crippen molar-refractivity contribution >= 4 is 11.9 Å². The molecule has 0 saturated carbocycles. The number of rotatable bonds is 45. The van der Waals surface area contributed by atoms with Crippen LogP contribution < -0.4 is 0 Å². The molecule has 0 aromatic rings. The summed E-state index contributed by atoms with van der Waals surface area (Å²) in [5.74, 6) is -0.694. The summed E-state index contributed by atoms with van der Waals surface area (Å²) in [5, 5.41) is 9.61. The SMILES string of the molecule is CC/C=C\C/C=C\C/C=C\C/C=C\C/C=C\C/C=C\C/C=C\C/C=C\C/C=C\C/C=C\CCCCCCCCC(=O)OC(CO)COC(=O)CCC/C=C\C/C=C\C/C=C\C/C=C\C/C=C\CC. The lowest BCUT2D eigenvalue weighted by atomic mass is 10.1. The lowest BCUT2D eigenvalue weighted by Crippen LogP contribution is -2.28. The predicted octanol–water partition coefficient (Wildman–Crippen LogP) is 18.0. The van der Waals surface area contributed by atoms with Gasteiger partial charge in [0.2, 0.25) is 0 Å². The van der Waals surface area contributed by atoms with Crippen molar-refractivity contribution in [1.82, 2.24) is 0 Å². The summed E-state index contributed by atoms with van der Waals surface area (Å²) in [6.07, 6.45) is 89.9. The number of carbonyl (C=O) groups is 2. The van der Waals surface area contributed by atoms with Crippen LogP contribution in [0.1, 0.15) is 181 Å². The third-order valence-electron chi connectivity index (χ3n) is 10.2. The van der Waals surface area contributed by atoms with Crippen molar-refractivity contribution < 1.29 is 24.2 Å². The molecule has 376 valence electrons. The maximum atomic E-state index is 12.3. The quantitative estimate of drug-likeness (QED) is 0.0374. The molecule has 0 bridgehead atoms. The van der Waals surface area contributed by atoms with Crippen LogP contribution in [0.3, 0.4) is 0 Å². The Balaban J connectivity index is 3.71. The Hall–Kier alpha value is -5.00. The van der Waals surface area contributed by atoms with E-state index in [1.165, 1.54) is 12.8 Å². The van der Waals surface area contributed by atoms with Crippen molar-refractivity contribution in [2.75, 3.05) is 13.2 Å².